The van der Waals surface area contributed by atoms with Crippen molar-refractivity contribution in [2.45, 2.75) is 24.9 Å². The molecule has 6 nitrogen and oxygen atoms in total. The maximum absolute atomic E-state index is 12.0. The predicted octanol–water partition coefficient (Wildman–Crippen LogP) is 0.0722. The molecule has 2 N–H and O–H groups in total. The van der Waals surface area contributed by atoms with E-state index in [-0.39, 0.29) is 12.0 Å². The molecule has 1 aliphatic carbocycles. The Morgan fingerprint density at radius 2 is 2.42 bits per heavy atom. The molecule has 2 aliphatic rings. The molecule has 0 aromatic carbocycles. The number of hydrogen-bond donors (Lipinski definition) is 2. The molecule has 1 atom stereocenters. The van der Waals surface area contributed by atoms with Crippen molar-refractivity contribution in [3.8, 4) is 0 Å². The quantitative estimate of drug-likeness (QED) is 0.803. The maximum atomic E-state index is 12.0. The molecule has 1 saturated heterocycles. The normalized spacial score (nSPS) is 23.1. The van der Waals surface area contributed by atoms with Gasteiger partial charge in [0.05, 0.1) is 12.7 Å². The molecule has 6 heteroatoms. The highest BCUT2D eigenvalue weighted by atomic mass is 16.5. The molecule has 102 valence electrons. The van der Waals surface area contributed by atoms with E-state index in [0.717, 1.165) is 31.8 Å². The zero-order valence-electron chi connectivity index (χ0n) is 10.8. The number of nitrogens with zero attached hydrogens (tertiary/aromatic N) is 2. The number of carbonyl (C=O) groups is 1. The first-order valence-corrected chi connectivity index (χ1v) is 6.76. The number of hydrogen-bond acceptors (Lipinski definition) is 5. The van der Waals surface area contributed by atoms with E-state index in [1.807, 2.05) is 0 Å². The highest BCUT2D eigenvalue weighted by molar-refractivity contribution is 5.92. The summed E-state index contributed by atoms with van der Waals surface area (Å²) in [4.78, 5) is 20.5. The van der Waals surface area contributed by atoms with E-state index in [9.17, 15) is 4.79 Å². The monoisotopic (exact) mass is 262 g/mol. The van der Waals surface area contributed by atoms with Crippen LogP contribution in [0.25, 0.3) is 0 Å². The molecule has 3 rings (SSSR count). The molecule has 2 heterocycles. The molecular weight excluding hydrogens is 244 g/mol. The van der Waals surface area contributed by atoms with E-state index >= 15 is 0 Å². The molecule has 1 aliphatic heterocycles. The summed E-state index contributed by atoms with van der Waals surface area (Å²) < 4.78 is 5.53. The summed E-state index contributed by atoms with van der Waals surface area (Å²) in [6.07, 6.45) is 3.97. The summed E-state index contributed by atoms with van der Waals surface area (Å²) in [5, 5.41) is 6.09. The van der Waals surface area contributed by atoms with Crippen LogP contribution in [0.1, 0.15) is 35.1 Å². The fourth-order valence-electron chi connectivity index (χ4n) is 2.09. The zero-order chi connectivity index (χ0) is 13.1. The smallest absolute Gasteiger partial charge is 0.270 e. The molecule has 0 bridgehead atoms. The van der Waals surface area contributed by atoms with Crippen molar-refractivity contribution in [2.75, 3.05) is 26.2 Å². The summed E-state index contributed by atoms with van der Waals surface area (Å²) in [6, 6.07) is 1.65. The van der Waals surface area contributed by atoms with E-state index < -0.39 is 0 Å². The lowest BCUT2D eigenvalue weighted by molar-refractivity contribution is 0.0286. The first-order chi connectivity index (χ1) is 9.33. The van der Waals surface area contributed by atoms with Gasteiger partial charge in [0, 0.05) is 31.7 Å². The number of amides is 1. The highest BCUT2D eigenvalue weighted by Crippen LogP contribution is 2.37. The lowest BCUT2D eigenvalue weighted by Crippen LogP contribution is -2.45. The second-order valence-corrected chi connectivity index (χ2v) is 4.98. The van der Waals surface area contributed by atoms with Crippen LogP contribution in [0.3, 0.4) is 0 Å². The van der Waals surface area contributed by atoms with Crippen molar-refractivity contribution in [2.24, 2.45) is 0 Å². The third-order valence-electron chi connectivity index (χ3n) is 3.34. The van der Waals surface area contributed by atoms with Crippen molar-refractivity contribution >= 4 is 5.91 Å². The van der Waals surface area contributed by atoms with Crippen LogP contribution in [0.15, 0.2) is 12.3 Å². The van der Waals surface area contributed by atoms with E-state index in [0.29, 0.717) is 24.8 Å². The van der Waals surface area contributed by atoms with Crippen LogP contribution in [-0.4, -0.2) is 48.2 Å². The Morgan fingerprint density at radius 3 is 3.16 bits per heavy atom. The molecule has 0 spiro atoms. The van der Waals surface area contributed by atoms with Crippen molar-refractivity contribution < 1.29 is 9.53 Å². The summed E-state index contributed by atoms with van der Waals surface area (Å²) in [6.45, 7) is 2.85. The Bertz CT molecular complexity index is 456. The molecule has 1 saturated carbocycles. The summed E-state index contributed by atoms with van der Waals surface area (Å²) >= 11 is 0. The average Bonchev–Trinajstić information content (AvgIpc) is 3.31. The first kappa shape index (κ1) is 12.5. The summed E-state index contributed by atoms with van der Waals surface area (Å²) in [7, 11) is 0. The van der Waals surface area contributed by atoms with Gasteiger partial charge >= 0.3 is 0 Å². The van der Waals surface area contributed by atoms with Crippen LogP contribution in [0.4, 0.5) is 0 Å². The van der Waals surface area contributed by atoms with Gasteiger partial charge in [-0.15, -0.1) is 0 Å². The average molecular weight is 262 g/mol. The Balaban J connectivity index is 1.55. The van der Waals surface area contributed by atoms with Crippen LogP contribution in [0.2, 0.25) is 0 Å². The molecule has 1 aromatic rings. The largest absolute Gasteiger partial charge is 0.374 e. The minimum Gasteiger partial charge on any atom is -0.374 e. The van der Waals surface area contributed by atoms with Gasteiger partial charge in [0.1, 0.15) is 11.5 Å². The van der Waals surface area contributed by atoms with Gasteiger partial charge in [-0.2, -0.15) is 0 Å². The first-order valence-electron chi connectivity index (χ1n) is 6.76. The molecule has 1 unspecified atom stereocenters. The van der Waals surface area contributed by atoms with Crippen LogP contribution in [0.5, 0.6) is 0 Å². The third-order valence-corrected chi connectivity index (χ3v) is 3.34. The van der Waals surface area contributed by atoms with Crippen LogP contribution in [0, 0.1) is 0 Å². The molecule has 2 fully saturated rings. The molecular formula is C13H18N4O2. The number of carbonyl (C=O) groups excluding carboxylic acids is 1. The Hall–Kier alpha value is -1.53. The van der Waals surface area contributed by atoms with Gasteiger partial charge in [-0.1, -0.05) is 0 Å². The maximum Gasteiger partial charge on any atom is 0.270 e. The van der Waals surface area contributed by atoms with Gasteiger partial charge in [-0.25, -0.2) is 9.97 Å². The number of aromatic nitrogens is 2. The van der Waals surface area contributed by atoms with Gasteiger partial charge in [0.25, 0.3) is 5.91 Å². The van der Waals surface area contributed by atoms with Crippen LogP contribution in [-0.2, 0) is 4.74 Å². The minimum absolute atomic E-state index is 0.0439. The Labute approximate surface area is 112 Å². The Kier molecular flexibility index (Phi) is 3.70. The predicted molar refractivity (Wildman–Crippen MR) is 68.9 cm³/mol. The van der Waals surface area contributed by atoms with Crippen LogP contribution >= 0.6 is 0 Å². The van der Waals surface area contributed by atoms with Crippen molar-refractivity contribution in [1.29, 1.82) is 0 Å². The Morgan fingerprint density at radius 1 is 1.53 bits per heavy atom. The summed E-state index contributed by atoms with van der Waals surface area (Å²) in [5.41, 5.74) is 0.445. The fourth-order valence-corrected chi connectivity index (χ4v) is 2.09. The number of ether oxygens (including phenoxy) is 1. The van der Waals surface area contributed by atoms with Crippen molar-refractivity contribution in [1.82, 2.24) is 20.6 Å². The minimum atomic E-state index is -0.154. The van der Waals surface area contributed by atoms with Gasteiger partial charge in [-0.3, -0.25) is 4.79 Å². The van der Waals surface area contributed by atoms with Gasteiger partial charge in [0.2, 0.25) is 0 Å². The van der Waals surface area contributed by atoms with E-state index in [1.165, 1.54) is 0 Å². The number of morpholine rings is 1. The standard InChI is InChI=1S/C13H18N4O2/c18-13(16-8-10-7-14-5-6-19-10)11-3-4-15-12(17-11)9-1-2-9/h3-4,9-10,14H,1-2,5-8H2,(H,16,18). The lowest BCUT2D eigenvalue weighted by Gasteiger charge is -2.23. The number of rotatable bonds is 4. The van der Waals surface area contributed by atoms with E-state index in [1.54, 1.807) is 12.3 Å². The van der Waals surface area contributed by atoms with Gasteiger partial charge in [0.15, 0.2) is 0 Å². The van der Waals surface area contributed by atoms with E-state index in [4.69, 9.17) is 4.74 Å². The third kappa shape index (κ3) is 3.27. The molecule has 1 amide bonds. The van der Waals surface area contributed by atoms with Gasteiger partial charge in [-0.05, 0) is 18.9 Å². The van der Waals surface area contributed by atoms with Crippen molar-refractivity contribution in [3.63, 3.8) is 0 Å². The SMILES string of the molecule is O=C(NCC1CNCCO1)c1ccnc(C2CC2)n1. The highest BCUT2D eigenvalue weighted by Gasteiger charge is 2.27. The number of nitrogens with one attached hydrogen (secondary N) is 2. The summed E-state index contributed by atoms with van der Waals surface area (Å²) in [5.74, 6) is 1.10. The second-order valence-electron chi connectivity index (χ2n) is 4.98. The molecule has 0 radical (unpaired) electrons. The van der Waals surface area contributed by atoms with Gasteiger partial charge < -0.3 is 15.4 Å². The second kappa shape index (κ2) is 5.63. The zero-order valence-corrected chi connectivity index (χ0v) is 10.8. The molecule has 19 heavy (non-hydrogen) atoms. The topological polar surface area (TPSA) is 76.1 Å². The lowest BCUT2D eigenvalue weighted by atomic mass is 10.3. The van der Waals surface area contributed by atoms with Crippen LogP contribution < -0.4 is 10.6 Å². The van der Waals surface area contributed by atoms with E-state index in [2.05, 4.69) is 20.6 Å². The molecule has 1 aromatic heterocycles. The fraction of sp³-hybridized carbons (Fsp3) is 0.615. The van der Waals surface area contributed by atoms with Crippen molar-refractivity contribution in [3.05, 3.63) is 23.8 Å².